The largest absolute Gasteiger partial charge is 0.325 e. The Morgan fingerprint density at radius 1 is 1.17 bits per heavy atom. The van der Waals surface area contributed by atoms with Gasteiger partial charge in [0.1, 0.15) is 0 Å². The Kier molecular flexibility index (Phi) is 4.76. The van der Waals surface area contributed by atoms with Gasteiger partial charge in [-0.2, -0.15) is 5.10 Å². The van der Waals surface area contributed by atoms with Crippen LogP contribution in [0.15, 0.2) is 29.4 Å². The highest BCUT2D eigenvalue weighted by atomic mass is 32.2. The molecule has 7 heteroatoms. The van der Waals surface area contributed by atoms with E-state index >= 15 is 0 Å². The van der Waals surface area contributed by atoms with E-state index in [9.17, 15) is 9.59 Å². The molecule has 1 saturated carbocycles. The Balaban J connectivity index is 1.46. The van der Waals surface area contributed by atoms with Crippen molar-refractivity contribution < 1.29 is 9.59 Å². The molecule has 2 aromatic rings. The number of hydrogen-bond acceptors (Lipinski definition) is 6. The van der Waals surface area contributed by atoms with E-state index in [1.165, 1.54) is 18.7 Å². The number of benzene rings is 1. The number of nitrogens with zero attached hydrogens (tertiary/aromatic N) is 3. The van der Waals surface area contributed by atoms with E-state index in [0.717, 1.165) is 24.2 Å². The third-order valence-electron chi connectivity index (χ3n) is 6.98. The Bertz CT molecular complexity index is 989. The standard InChI is InChI=1S/C22H26N4O2S/c1-12(27)14-6-8-15(9-7-14)23-19(28)13(2)29-20-24-18-17(25-26-20)16-10-11-22(18,5)21(16,3)4/h6-9,13,16H,10-11H2,1-5H3,(H,23,28)/t13-,16+,22-/m0/s1. The number of anilines is 1. The molecule has 2 bridgehead atoms. The van der Waals surface area contributed by atoms with Gasteiger partial charge in [0.2, 0.25) is 11.1 Å². The maximum Gasteiger partial charge on any atom is 0.237 e. The number of ketones is 1. The highest BCUT2D eigenvalue weighted by Crippen LogP contribution is 2.66. The van der Waals surface area contributed by atoms with Gasteiger partial charge in [-0.25, -0.2) is 4.98 Å². The van der Waals surface area contributed by atoms with Gasteiger partial charge in [0.15, 0.2) is 5.78 Å². The van der Waals surface area contributed by atoms with Crippen molar-refractivity contribution in [1.82, 2.24) is 15.2 Å². The fraction of sp³-hybridized carbons (Fsp3) is 0.500. The molecular formula is C22H26N4O2S. The molecule has 2 aliphatic rings. The zero-order valence-electron chi connectivity index (χ0n) is 17.4. The second kappa shape index (κ2) is 6.90. The summed E-state index contributed by atoms with van der Waals surface area (Å²) in [6.45, 7) is 10.2. The van der Waals surface area contributed by atoms with Crippen LogP contribution in [-0.4, -0.2) is 32.1 Å². The summed E-state index contributed by atoms with van der Waals surface area (Å²) in [5.74, 6) is 0.279. The number of carbonyl (C=O) groups excluding carboxylic acids is 2. The van der Waals surface area contributed by atoms with E-state index < -0.39 is 0 Å². The topological polar surface area (TPSA) is 84.8 Å². The number of amides is 1. The van der Waals surface area contributed by atoms with Crippen molar-refractivity contribution >= 4 is 29.1 Å². The van der Waals surface area contributed by atoms with Crippen molar-refractivity contribution in [3.8, 4) is 0 Å². The number of rotatable bonds is 5. The number of aromatic nitrogens is 3. The molecule has 0 saturated heterocycles. The summed E-state index contributed by atoms with van der Waals surface area (Å²) < 4.78 is 0. The van der Waals surface area contributed by atoms with E-state index in [1.54, 1.807) is 24.3 Å². The minimum absolute atomic E-state index is 0.00127. The van der Waals surface area contributed by atoms with Crippen LogP contribution in [0.4, 0.5) is 5.69 Å². The molecule has 4 rings (SSSR count). The first-order chi connectivity index (χ1) is 13.6. The zero-order chi connectivity index (χ0) is 21.0. The number of hydrogen-bond donors (Lipinski definition) is 1. The number of nitrogens with one attached hydrogen (secondary N) is 1. The number of carbonyl (C=O) groups is 2. The molecule has 1 aromatic heterocycles. The van der Waals surface area contributed by atoms with Gasteiger partial charge in [-0.15, -0.1) is 5.10 Å². The molecule has 3 atom stereocenters. The molecule has 2 aliphatic carbocycles. The van der Waals surface area contributed by atoms with Crippen LogP contribution in [-0.2, 0) is 10.2 Å². The second-order valence-electron chi connectivity index (χ2n) is 8.86. The summed E-state index contributed by atoms with van der Waals surface area (Å²) in [6.07, 6.45) is 2.26. The lowest BCUT2D eigenvalue weighted by atomic mass is 9.70. The monoisotopic (exact) mass is 410 g/mol. The minimum atomic E-state index is -0.373. The summed E-state index contributed by atoms with van der Waals surface area (Å²) in [5.41, 5.74) is 3.53. The molecule has 1 fully saturated rings. The van der Waals surface area contributed by atoms with Crippen LogP contribution in [0.1, 0.15) is 75.1 Å². The van der Waals surface area contributed by atoms with Gasteiger partial charge in [-0.05, 0) is 56.4 Å². The molecule has 0 aliphatic heterocycles. The van der Waals surface area contributed by atoms with Crippen LogP contribution in [0.5, 0.6) is 0 Å². The van der Waals surface area contributed by atoms with Gasteiger partial charge >= 0.3 is 0 Å². The average Bonchev–Trinajstić information content (AvgIpc) is 3.01. The Labute approximate surface area is 175 Å². The second-order valence-corrected chi connectivity index (χ2v) is 10.2. The summed E-state index contributed by atoms with van der Waals surface area (Å²) in [6, 6.07) is 6.89. The third-order valence-corrected chi connectivity index (χ3v) is 7.93. The highest BCUT2D eigenvalue weighted by molar-refractivity contribution is 8.00. The maximum absolute atomic E-state index is 12.6. The number of Topliss-reactive ketones (excluding diaryl/α,β-unsaturated/α-hetero) is 1. The van der Waals surface area contributed by atoms with Crippen molar-refractivity contribution in [3.63, 3.8) is 0 Å². The van der Waals surface area contributed by atoms with Crippen molar-refractivity contribution in [2.75, 3.05) is 5.32 Å². The zero-order valence-corrected chi connectivity index (χ0v) is 18.3. The molecule has 1 aromatic carbocycles. The Hall–Kier alpha value is -2.28. The first-order valence-electron chi connectivity index (χ1n) is 9.97. The normalized spacial score (nSPS) is 24.8. The summed E-state index contributed by atoms with van der Waals surface area (Å²) in [5, 5.41) is 11.9. The summed E-state index contributed by atoms with van der Waals surface area (Å²) in [4.78, 5) is 28.8. The first kappa shape index (κ1) is 20.0. The van der Waals surface area contributed by atoms with Crippen LogP contribution in [0.3, 0.4) is 0 Å². The summed E-state index contributed by atoms with van der Waals surface area (Å²) in [7, 11) is 0. The van der Waals surface area contributed by atoms with Crippen molar-refractivity contribution in [1.29, 1.82) is 0 Å². The molecule has 152 valence electrons. The predicted octanol–water partition coefficient (Wildman–Crippen LogP) is 4.37. The first-order valence-corrected chi connectivity index (χ1v) is 10.8. The smallest absolute Gasteiger partial charge is 0.237 e. The molecule has 0 unspecified atom stereocenters. The molecule has 1 N–H and O–H groups in total. The molecule has 0 radical (unpaired) electrons. The number of thioether (sulfide) groups is 1. The molecule has 1 heterocycles. The maximum atomic E-state index is 12.6. The van der Waals surface area contributed by atoms with Crippen LogP contribution in [0.2, 0.25) is 0 Å². The lowest BCUT2D eigenvalue weighted by Crippen LogP contribution is -2.32. The predicted molar refractivity (Wildman–Crippen MR) is 113 cm³/mol. The lowest BCUT2D eigenvalue weighted by molar-refractivity contribution is -0.115. The van der Waals surface area contributed by atoms with E-state index in [2.05, 4.69) is 36.3 Å². The Morgan fingerprint density at radius 2 is 1.86 bits per heavy atom. The molecule has 1 amide bonds. The van der Waals surface area contributed by atoms with E-state index in [1.807, 2.05) is 6.92 Å². The summed E-state index contributed by atoms with van der Waals surface area (Å²) >= 11 is 1.32. The third kappa shape index (κ3) is 3.16. The molecule has 6 nitrogen and oxygen atoms in total. The van der Waals surface area contributed by atoms with Crippen molar-refractivity contribution in [2.24, 2.45) is 5.41 Å². The van der Waals surface area contributed by atoms with Crippen LogP contribution in [0, 0.1) is 5.41 Å². The highest BCUT2D eigenvalue weighted by Gasteiger charge is 2.61. The molecule has 29 heavy (non-hydrogen) atoms. The fourth-order valence-electron chi connectivity index (χ4n) is 4.66. The number of fused-ring (bicyclic) bond motifs is 5. The average molecular weight is 411 g/mol. The van der Waals surface area contributed by atoms with E-state index in [4.69, 9.17) is 4.98 Å². The van der Waals surface area contributed by atoms with Gasteiger partial charge in [-0.3, -0.25) is 9.59 Å². The van der Waals surface area contributed by atoms with E-state index in [-0.39, 0.29) is 27.8 Å². The fourth-order valence-corrected chi connectivity index (χ4v) is 5.37. The quantitative estimate of drug-likeness (QED) is 0.582. The van der Waals surface area contributed by atoms with Crippen LogP contribution >= 0.6 is 11.8 Å². The SMILES string of the molecule is CC(=O)c1ccc(NC(=O)[C@H](C)Sc2nnc3c(n2)[C@]2(C)CC[C@H]3C2(C)C)cc1. The molecular weight excluding hydrogens is 384 g/mol. The van der Waals surface area contributed by atoms with Crippen molar-refractivity contribution in [3.05, 3.63) is 41.2 Å². The minimum Gasteiger partial charge on any atom is -0.325 e. The van der Waals surface area contributed by atoms with Gasteiger partial charge in [0.05, 0.1) is 16.6 Å². The van der Waals surface area contributed by atoms with Gasteiger partial charge in [0.25, 0.3) is 0 Å². The van der Waals surface area contributed by atoms with Gasteiger partial charge in [0, 0.05) is 22.6 Å². The lowest BCUT2D eigenvalue weighted by Gasteiger charge is -2.34. The molecule has 0 spiro atoms. The van der Waals surface area contributed by atoms with E-state index in [0.29, 0.717) is 22.3 Å². The Morgan fingerprint density at radius 3 is 2.52 bits per heavy atom. The van der Waals surface area contributed by atoms with Gasteiger partial charge < -0.3 is 5.32 Å². The van der Waals surface area contributed by atoms with Gasteiger partial charge in [-0.1, -0.05) is 32.5 Å². The van der Waals surface area contributed by atoms with Crippen LogP contribution in [0.25, 0.3) is 0 Å². The van der Waals surface area contributed by atoms with Crippen LogP contribution < -0.4 is 5.32 Å². The van der Waals surface area contributed by atoms with Crippen molar-refractivity contribution in [2.45, 2.75) is 69.2 Å².